The van der Waals surface area contributed by atoms with Gasteiger partial charge in [-0.1, -0.05) is 24.3 Å². The molecule has 3 rings (SSSR count). The van der Waals surface area contributed by atoms with Gasteiger partial charge in [-0.05, 0) is 60.6 Å². The number of rotatable bonds is 4. The molecule has 0 spiro atoms. The van der Waals surface area contributed by atoms with Crippen LogP contribution in [0.15, 0.2) is 42.5 Å². The third-order valence-corrected chi connectivity index (χ3v) is 5.15. The van der Waals surface area contributed by atoms with Gasteiger partial charge in [-0.15, -0.1) is 0 Å². The van der Waals surface area contributed by atoms with Crippen molar-refractivity contribution >= 4 is 21.4 Å². The maximum atomic E-state index is 12.5. The number of aryl methyl sites for hydroxylation is 1. The van der Waals surface area contributed by atoms with Crippen molar-refractivity contribution in [2.45, 2.75) is 31.4 Å². The molecule has 0 bridgehead atoms. The van der Waals surface area contributed by atoms with Crippen LogP contribution in [0.2, 0.25) is 0 Å². The molecule has 126 valence electrons. The van der Waals surface area contributed by atoms with E-state index in [1.54, 1.807) is 24.3 Å². The highest BCUT2D eigenvalue weighted by atomic mass is 32.2. The number of fused-ring (bicyclic) bond motifs is 1. The van der Waals surface area contributed by atoms with Gasteiger partial charge < -0.3 is 5.32 Å². The van der Waals surface area contributed by atoms with Crippen LogP contribution in [0, 0.1) is 0 Å². The van der Waals surface area contributed by atoms with Crippen LogP contribution in [0.25, 0.3) is 0 Å². The van der Waals surface area contributed by atoms with E-state index in [-0.39, 0.29) is 11.7 Å². The van der Waals surface area contributed by atoms with E-state index >= 15 is 0 Å². The zero-order valence-electron chi connectivity index (χ0n) is 13.7. The average Bonchev–Trinajstić information content (AvgIpc) is 2.54. The fraction of sp³-hybridized carbons (Fsp3) is 0.316. The molecule has 0 saturated heterocycles. The summed E-state index contributed by atoms with van der Waals surface area (Å²) in [6, 6.07) is 12.8. The Morgan fingerprint density at radius 2 is 1.75 bits per heavy atom. The number of benzene rings is 2. The summed E-state index contributed by atoms with van der Waals surface area (Å²) in [6.45, 7) is 0. The topological polar surface area (TPSA) is 63.2 Å². The molecule has 0 aromatic heterocycles. The minimum Gasteiger partial charge on any atom is -0.322 e. The van der Waals surface area contributed by atoms with Crippen molar-refractivity contribution < 1.29 is 13.2 Å². The molecule has 1 aliphatic carbocycles. The largest absolute Gasteiger partial charge is 0.322 e. The Balaban J connectivity index is 1.76. The summed E-state index contributed by atoms with van der Waals surface area (Å²) in [5.41, 5.74) is 4.66. The molecule has 0 aliphatic heterocycles. The van der Waals surface area contributed by atoms with E-state index in [4.69, 9.17) is 0 Å². The van der Waals surface area contributed by atoms with Gasteiger partial charge in [0.05, 0.1) is 5.75 Å². The van der Waals surface area contributed by atoms with E-state index in [0.717, 1.165) is 24.9 Å². The fourth-order valence-electron chi connectivity index (χ4n) is 3.15. The van der Waals surface area contributed by atoms with Crippen molar-refractivity contribution in [2.75, 3.05) is 11.6 Å². The Labute approximate surface area is 142 Å². The molecule has 1 N–H and O–H groups in total. The van der Waals surface area contributed by atoms with Crippen LogP contribution in [-0.2, 0) is 28.4 Å². The first-order chi connectivity index (χ1) is 11.4. The van der Waals surface area contributed by atoms with Crippen molar-refractivity contribution in [3.8, 4) is 0 Å². The monoisotopic (exact) mass is 343 g/mol. The third kappa shape index (κ3) is 4.03. The third-order valence-electron chi connectivity index (χ3n) is 4.29. The van der Waals surface area contributed by atoms with Crippen molar-refractivity contribution in [1.29, 1.82) is 0 Å². The average molecular weight is 343 g/mol. The molecule has 1 amide bonds. The van der Waals surface area contributed by atoms with E-state index in [1.807, 2.05) is 12.1 Å². The summed E-state index contributed by atoms with van der Waals surface area (Å²) in [6.07, 6.45) is 5.62. The molecule has 24 heavy (non-hydrogen) atoms. The summed E-state index contributed by atoms with van der Waals surface area (Å²) in [5, 5.41) is 3.00. The van der Waals surface area contributed by atoms with E-state index in [9.17, 15) is 13.2 Å². The lowest BCUT2D eigenvalue weighted by Crippen LogP contribution is -2.15. The second kappa shape index (κ2) is 6.77. The van der Waals surface area contributed by atoms with Gasteiger partial charge in [0.1, 0.15) is 0 Å². The van der Waals surface area contributed by atoms with Crippen LogP contribution in [0.1, 0.15) is 39.9 Å². The van der Waals surface area contributed by atoms with Crippen LogP contribution in [0.3, 0.4) is 0 Å². The Morgan fingerprint density at radius 3 is 2.46 bits per heavy atom. The van der Waals surface area contributed by atoms with Gasteiger partial charge in [0.25, 0.3) is 5.91 Å². The number of nitrogens with one attached hydrogen (secondary N) is 1. The van der Waals surface area contributed by atoms with Gasteiger partial charge >= 0.3 is 0 Å². The summed E-state index contributed by atoms with van der Waals surface area (Å²) in [7, 11) is -3.07. The van der Waals surface area contributed by atoms with Crippen molar-refractivity contribution in [1.82, 2.24) is 0 Å². The lowest BCUT2D eigenvalue weighted by atomic mass is 9.90. The van der Waals surface area contributed by atoms with Gasteiger partial charge in [0, 0.05) is 17.5 Å². The molecule has 0 radical (unpaired) electrons. The molecule has 0 fully saturated rings. The normalized spacial score (nSPS) is 14.0. The predicted octanol–water partition coefficient (Wildman–Crippen LogP) is 3.36. The van der Waals surface area contributed by atoms with Gasteiger partial charge in [-0.3, -0.25) is 4.79 Å². The number of carbonyl (C=O) groups excluding carboxylic acids is 1. The van der Waals surface area contributed by atoms with Gasteiger partial charge in [0.2, 0.25) is 0 Å². The maximum Gasteiger partial charge on any atom is 0.255 e. The van der Waals surface area contributed by atoms with Crippen molar-refractivity contribution in [3.63, 3.8) is 0 Å². The molecule has 0 heterocycles. The number of anilines is 1. The van der Waals surface area contributed by atoms with Crippen molar-refractivity contribution in [2.24, 2.45) is 0 Å². The minimum absolute atomic E-state index is 0.0128. The smallest absolute Gasteiger partial charge is 0.255 e. The molecular formula is C19H21NO3S. The highest BCUT2D eigenvalue weighted by molar-refractivity contribution is 7.89. The fourth-order valence-corrected chi connectivity index (χ4v) is 3.95. The number of hydrogen-bond donors (Lipinski definition) is 1. The van der Waals surface area contributed by atoms with Gasteiger partial charge in [0.15, 0.2) is 9.84 Å². The molecule has 2 aromatic carbocycles. The molecule has 1 aliphatic rings. The summed E-state index contributed by atoms with van der Waals surface area (Å²) in [4.78, 5) is 12.5. The van der Waals surface area contributed by atoms with Crippen LogP contribution < -0.4 is 5.32 Å². The first-order valence-electron chi connectivity index (χ1n) is 8.11. The zero-order chi connectivity index (χ0) is 17.2. The Morgan fingerprint density at radius 1 is 1.04 bits per heavy atom. The van der Waals surface area contributed by atoms with E-state index in [2.05, 4.69) is 11.4 Å². The Kier molecular flexibility index (Phi) is 4.71. The summed E-state index contributed by atoms with van der Waals surface area (Å²) >= 11 is 0. The molecule has 5 heteroatoms. The number of sulfone groups is 1. The SMILES string of the molecule is CS(=O)(=O)Cc1ccc(C(=O)Nc2cccc3c2CCCC3)cc1. The Hall–Kier alpha value is -2.14. The molecule has 0 saturated carbocycles. The maximum absolute atomic E-state index is 12.5. The summed E-state index contributed by atoms with van der Waals surface area (Å²) in [5.74, 6) is -0.180. The van der Waals surface area contributed by atoms with E-state index in [0.29, 0.717) is 11.1 Å². The molecular weight excluding hydrogens is 322 g/mol. The van der Waals surface area contributed by atoms with Gasteiger partial charge in [-0.25, -0.2) is 8.42 Å². The summed E-state index contributed by atoms with van der Waals surface area (Å²) < 4.78 is 22.6. The van der Waals surface area contributed by atoms with Crippen molar-refractivity contribution in [3.05, 3.63) is 64.7 Å². The molecule has 0 atom stereocenters. The highest BCUT2D eigenvalue weighted by Gasteiger charge is 2.15. The van der Waals surface area contributed by atoms with Crippen LogP contribution >= 0.6 is 0 Å². The van der Waals surface area contributed by atoms with E-state index < -0.39 is 9.84 Å². The minimum atomic E-state index is -3.07. The standard InChI is InChI=1S/C19H21NO3S/c1-24(22,23)13-14-9-11-16(12-10-14)19(21)20-18-8-4-6-15-5-2-3-7-17(15)18/h4,6,8-12H,2-3,5,7,13H2,1H3,(H,20,21). The molecule has 2 aromatic rings. The Bertz CT molecular complexity index is 855. The predicted molar refractivity (Wildman–Crippen MR) is 96.0 cm³/mol. The van der Waals surface area contributed by atoms with Crippen LogP contribution in [0.4, 0.5) is 5.69 Å². The number of amides is 1. The lowest BCUT2D eigenvalue weighted by molar-refractivity contribution is 0.102. The number of carbonyl (C=O) groups is 1. The quantitative estimate of drug-likeness (QED) is 0.926. The van der Waals surface area contributed by atoms with Gasteiger partial charge in [-0.2, -0.15) is 0 Å². The lowest BCUT2D eigenvalue weighted by Gasteiger charge is -2.19. The zero-order valence-corrected chi connectivity index (χ0v) is 14.5. The first-order valence-corrected chi connectivity index (χ1v) is 10.2. The first kappa shape index (κ1) is 16.7. The second-order valence-electron chi connectivity index (χ2n) is 6.37. The van der Waals surface area contributed by atoms with Crippen LogP contribution in [-0.4, -0.2) is 20.6 Å². The number of hydrogen-bond acceptors (Lipinski definition) is 3. The highest BCUT2D eigenvalue weighted by Crippen LogP contribution is 2.28. The van der Waals surface area contributed by atoms with E-state index in [1.165, 1.54) is 23.8 Å². The van der Waals surface area contributed by atoms with Crippen LogP contribution in [0.5, 0.6) is 0 Å². The molecule has 0 unspecified atom stereocenters. The molecule has 4 nitrogen and oxygen atoms in total. The second-order valence-corrected chi connectivity index (χ2v) is 8.51.